The Hall–Kier alpha value is -0.160. The van der Waals surface area contributed by atoms with E-state index in [-0.39, 0.29) is 5.54 Å². The molecule has 0 saturated carbocycles. The highest BCUT2D eigenvalue weighted by Crippen LogP contribution is 2.32. The van der Waals surface area contributed by atoms with Crippen LogP contribution < -0.4 is 5.73 Å². The van der Waals surface area contributed by atoms with Gasteiger partial charge in [0.15, 0.2) is 0 Å². The van der Waals surface area contributed by atoms with Crippen LogP contribution in [0.5, 0.6) is 0 Å². The van der Waals surface area contributed by atoms with Gasteiger partial charge in [-0.25, -0.2) is 0 Å². The Morgan fingerprint density at radius 3 is 2.65 bits per heavy atom. The molecule has 2 atom stereocenters. The third-order valence-electron chi connectivity index (χ3n) is 4.35. The van der Waals surface area contributed by atoms with Gasteiger partial charge in [0.05, 0.1) is 12.7 Å². The van der Waals surface area contributed by atoms with Crippen LogP contribution in [0.25, 0.3) is 0 Å². The lowest BCUT2D eigenvalue weighted by Crippen LogP contribution is -2.64. The van der Waals surface area contributed by atoms with E-state index in [1.165, 1.54) is 0 Å². The van der Waals surface area contributed by atoms with Gasteiger partial charge in [0.1, 0.15) is 0 Å². The normalized spacial score (nSPS) is 34.8. The van der Waals surface area contributed by atoms with Crippen molar-refractivity contribution in [1.29, 1.82) is 0 Å². The average Bonchev–Trinajstić information content (AvgIpc) is 2.39. The van der Waals surface area contributed by atoms with Gasteiger partial charge in [-0.05, 0) is 26.2 Å². The summed E-state index contributed by atoms with van der Waals surface area (Å²) < 4.78 is 11.3. The zero-order chi connectivity index (χ0) is 12.3. The molecule has 0 aromatic carbocycles. The Morgan fingerprint density at radius 1 is 1.35 bits per heavy atom. The zero-order valence-corrected chi connectivity index (χ0v) is 11.2. The van der Waals surface area contributed by atoms with Crippen LogP contribution in [0.4, 0.5) is 0 Å². The van der Waals surface area contributed by atoms with E-state index in [0.29, 0.717) is 12.1 Å². The van der Waals surface area contributed by atoms with E-state index in [9.17, 15) is 0 Å². The highest BCUT2D eigenvalue weighted by molar-refractivity contribution is 4.98. The first kappa shape index (κ1) is 13.3. The second-order valence-electron chi connectivity index (χ2n) is 5.40. The highest BCUT2D eigenvalue weighted by Gasteiger charge is 2.42. The van der Waals surface area contributed by atoms with Crippen molar-refractivity contribution in [3.8, 4) is 0 Å². The highest BCUT2D eigenvalue weighted by atomic mass is 16.5. The molecule has 4 heteroatoms. The van der Waals surface area contributed by atoms with Crippen molar-refractivity contribution in [2.24, 2.45) is 5.73 Å². The first-order valence-electron chi connectivity index (χ1n) is 6.88. The van der Waals surface area contributed by atoms with Crippen LogP contribution in [-0.2, 0) is 9.47 Å². The molecule has 2 aliphatic rings. The number of hydrogen-bond acceptors (Lipinski definition) is 4. The summed E-state index contributed by atoms with van der Waals surface area (Å²) in [5, 5.41) is 0. The summed E-state index contributed by atoms with van der Waals surface area (Å²) in [5.41, 5.74) is 6.24. The molecule has 2 aliphatic heterocycles. The molecule has 2 unspecified atom stereocenters. The quantitative estimate of drug-likeness (QED) is 0.802. The maximum absolute atomic E-state index is 6.09. The number of rotatable bonds is 3. The van der Waals surface area contributed by atoms with Crippen LogP contribution in [0, 0.1) is 0 Å². The molecule has 0 spiro atoms. The third kappa shape index (κ3) is 2.65. The van der Waals surface area contributed by atoms with Crippen molar-refractivity contribution in [3.05, 3.63) is 0 Å². The number of nitrogens with zero attached hydrogens (tertiary/aromatic N) is 1. The molecule has 4 nitrogen and oxygen atoms in total. The molecule has 2 rings (SSSR count). The fourth-order valence-electron chi connectivity index (χ4n) is 3.12. The Balaban J connectivity index is 2.14. The van der Waals surface area contributed by atoms with Crippen LogP contribution in [0.1, 0.15) is 33.1 Å². The maximum atomic E-state index is 6.09. The molecule has 0 amide bonds. The van der Waals surface area contributed by atoms with Crippen molar-refractivity contribution >= 4 is 0 Å². The molecule has 0 aliphatic carbocycles. The Bertz CT molecular complexity index is 242. The molecular weight excluding hydrogens is 216 g/mol. The largest absolute Gasteiger partial charge is 0.381 e. The fourth-order valence-corrected chi connectivity index (χ4v) is 3.12. The van der Waals surface area contributed by atoms with E-state index >= 15 is 0 Å². The lowest BCUT2D eigenvalue weighted by atomic mass is 9.85. The predicted octanol–water partition coefficient (Wildman–Crippen LogP) is 0.994. The molecule has 2 N–H and O–H groups in total. The average molecular weight is 242 g/mol. The van der Waals surface area contributed by atoms with Gasteiger partial charge in [0.25, 0.3) is 0 Å². The summed E-state index contributed by atoms with van der Waals surface area (Å²) in [6.07, 6.45) is 3.58. The number of ether oxygens (including phenoxy) is 2. The Kier molecular flexibility index (Phi) is 4.42. The molecule has 0 aromatic heterocycles. The molecule has 2 saturated heterocycles. The summed E-state index contributed by atoms with van der Waals surface area (Å²) in [7, 11) is 0. The van der Waals surface area contributed by atoms with Crippen LogP contribution in [-0.4, -0.2) is 55.5 Å². The summed E-state index contributed by atoms with van der Waals surface area (Å²) >= 11 is 0. The summed E-state index contributed by atoms with van der Waals surface area (Å²) in [5.74, 6) is 0. The lowest BCUT2D eigenvalue weighted by Gasteiger charge is -2.52. The van der Waals surface area contributed by atoms with E-state index in [4.69, 9.17) is 15.2 Å². The van der Waals surface area contributed by atoms with Crippen LogP contribution in [0.15, 0.2) is 0 Å². The molecule has 2 heterocycles. The predicted molar refractivity (Wildman–Crippen MR) is 68.0 cm³/mol. The first-order valence-corrected chi connectivity index (χ1v) is 6.88. The van der Waals surface area contributed by atoms with Crippen molar-refractivity contribution in [2.45, 2.75) is 50.8 Å². The zero-order valence-electron chi connectivity index (χ0n) is 11.2. The van der Waals surface area contributed by atoms with Gasteiger partial charge in [0, 0.05) is 37.9 Å². The van der Waals surface area contributed by atoms with E-state index in [1.54, 1.807) is 0 Å². The van der Waals surface area contributed by atoms with Crippen LogP contribution in [0.3, 0.4) is 0 Å². The van der Waals surface area contributed by atoms with Gasteiger partial charge in [-0.2, -0.15) is 0 Å². The monoisotopic (exact) mass is 242 g/mol. The minimum absolute atomic E-state index is 0.150. The van der Waals surface area contributed by atoms with Gasteiger partial charge >= 0.3 is 0 Å². The van der Waals surface area contributed by atoms with Crippen LogP contribution in [0.2, 0.25) is 0 Å². The van der Waals surface area contributed by atoms with Crippen LogP contribution >= 0.6 is 0 Å². The smallest absolute Gasteiger partial charge is 0.0675 e. The second kappa shape index (κ2) is 5.65. The molecule has 2 fully saturated rings. The SMILES string of the molecule is CCC1COC(C)CN1C1(CN)CCOCC1. The van der Waals surface area contributed by atoms with Crippen molar-refractivity contribution in [3.63, 3.8) is 0 Å². The molecular formula is C13H26N2O2. The van der Waals surface area contributed by atoms with Gasteiger partial charge < -0.3 is 15.2 Å². The van der Waals surface area contributed by atoms with Crippen molar-refractivity contribution in [2.75, 3.05) is 32.9 Å². The van der Waals surface area contributed by atoms with E-state index in [0.717, 1.165) is 52.2 Å². The molecule has 100 valence electrons. The van der Waals surface area contributed by atoms with E-state index in [2.05, 4.69) is 18.7 Å². The van der Waals surface area contributed by atoms with Gasteiger partial charge in [-0.3, -0.25) is 4.90 Å². The first-order chi connectivity index (χ1) is 8.22. The van der Waals surface area contributed by atoms with Gasteiger partial charge in [0.2, 0.25) is 0 Å². The molecule has 0 radical (unpaired) electrons. The van der Waals surface area contributed by atoms with E-state index in [1.807, 2.05) is 0 Å². The lowest BCUT2D eigenvalue weighted by molar-refractivity contribution is -0.123. The number of morpholine rings is 1. The third-order valence-corrected chi connectivity index (χ3v) is 4.35. The maximum Gasteiger partial charge on any atom is 0.0675 e. The minimum atomic E-state index is 0.150. The van der Waals surface area contributed by atoms with Crippen molar-refractivity contribution < 1.29 is 9.47 Å². The number of nitrogens with two attached hydrogens (primary N) is 1. The summed E-state index contributed by atoms with van der Waals surface area (Å²) in [4.78, 5) is 2.61. The molecule has 17 heavy (non-hydrogen) atoms. The molecule has 0 aromatic rings. The minimum Gasteiger partial charge on any atom is -0.381 e. The standard InChI is InChI=1S/C13H26N2O2/c1-3-12-9-17-11(2)8-15(12)13(10-14)4-6-16-7-5-13/h11-12H,3-10,14H2,1-2H3. The van der Waals surface area contributed by atoms with Crippen molar-refractivity contribution in [1.82, 2.24) is 4.90 Å². The Labute approximate surface area is 104 Å². The number of hydrogen-bond donors (Lipinski definition) is 1. The topological polar surface area (TPSA) is 47.7 Å². The fraction of sp³-hybridized carbons (Fsp3) is 1.00. The Morgan fingerprint density at radius 2 is 2.06 bits per heavy atom. The summed E-state index contributed by atoms with van der Waals surface area (Å²) in [6, 6.07) is 0.521. The second-order valence-corrected chi connectivity index (χ2v) is 5.40. The van der Waals surface area contributed by atoms with E-state index < -0.39 is 0 Å². The molecule has 0 bridgehead atoms. The van der Waals surface area contributed by atoms with Gasteiger partial charge in [-0.15, -0.1) is 0 Å². The summed E-state index contributed by atoms with van der Waals surface area (Å²) in [6.45, 7) is 8.68. The van der Waals surface area contributed by atoms with Gasteiger partial charge in [-0.1, -0.05) is 6.92 Å².